The molecule has 0 aromatic carbocycles. The largest absolute Gasteiger partial charge is 0.416 e. The second-order valence-corrected chi connectivity index (χ2v) is 30.8. The van der Waals surface area contributed by atoms with Crippen LogP contribution in [0.5, 0.6) is 0 Å². The second kappa shape index (κ2) is 28.2. The lowest BCUT2D eigenvalue weighted by atomic mass is 10.1. The zero-order valence-electron chi connectivity index (χ0n) is 34.3. The van der Waals surface area contributed by atoms with Crippen LogP contribution in [0.3, 0.4) is 0 Å². The van der Waals surface area contributed by atoms with Crippen LogP contribution in [0, 0.1) is 0 Å². The maximum absolute atomic E-state index is 7.51. The molecule has 0 saturated carbocycles. The van der Waals surface area contributed by atoms with Gasteiger partial charge in [0.2, 0.25) is 0 Å². The number of unbranched alkanes of at least 4 members (excludes halogenated alkanes) is 24. The molecule has 4 nitrogen and oxygen atoms in total. The van der Waals surface area contributed by atoms with Gasteiger partial charge in [-0.15, -0.1) is 0 Å². The van der Waals surface area contributed by atoms with Crippen LogP contribution in [0.15, 0.2) is 0 Å². The SMILES string of the molecule is CCCCCCCCC[Si]1(C)O[Si](C)(CCCCCCCCC)O[Si](C)(CCCCCCCCC)O[Si](C)(CCCCCCCCC)O1. The van der Waals surface area contributed by atoms with E-state index in [1.807, 2.05) is 0 Å². The summed E-state index contributed by atoms with van der Waals surface area (Å²) in [6.07, 6.45) is 37.3. The van der Waals surface area contributed by atoms with Gasteiger partial charge in [0.15, 0.2) is 0 Å². The number of hydrogen-bond acceptors (Lipinski definition) is 4. The van der Waals surface area contributed by atoms with Crippen molar-refractivity contribution in [3.05, 3.63) is 0 Å². The first kappa shape index (κ1) is 46.7. The van der Waals surface area contributed by atoms with E-state index >= 15 is 0 Å². The predicted octanol–water partition coefficient (Wildman–Crippen LogP) is 15.4. The molecule has 1 fully saturated rings. The van der Waals surface area contributed by atoms with Crippen molar-refractivity contribution in [1.29, 1.82) is 0 Å². The third kappa shape index (κ3) is 23.3. The summed E-state index contributed by atoms with van der Waals surface area (Å²) in [7, 11) is -9.84. The lowest BCUT2D eigenvalue weighted by Crippen LogP contribution is -2.67. The van der Waals surface area contributed by atoms with Gasteiger partial charge in [0, 0.05) is 0 Å². The zero-order chi connectivity index (χ0) is 35.5. The van der Waals surface area contributed by atoms with E-state index in [0.717, 1.165) is 24.2 Å². The Balaban J connectivity index is 3.08. The molecule has 0 atom stereocenters. The van der Waals surface area contributed by atoms with Crippen molar-refractivity contribution in [2.75, 3.05) is 0 Å². The van der Waals surface area contributed by atoms with Crippen molar-refractivity contribution in [2.24, 2.45) is 0 Å². The maximum atomic E-state index is 7.51. The van der Waals surface area contributed by atoms with Gasteiger partial charge in [-0.3, -0.25) is 0 Å². The third-order valence-electron chi connectivity index (χ3n) is 10.7. The molecule has 1 aliphatic heterocycles. The van der Waals surface area contributed by atoms with Crippen LogP contribution in [0.2, 0.25) is 50.4 Å². The topological polar surface area (TPSA) is 36.9 Å². The normalized spacial score (nSPS) is 26.5. The Bertz CT molecular complexity index is 612. The minimum Gasteiger partial charge on any atom is -0.416 e. The minimum atomic E-state index is -2.46. The van der Waals surface area contributed by atoms with E-state index in [2.05, 4.69) is 53.9 Å². The van der Waals surface area contributed by atoms with Crippen LogP contribution < -0.4 is 0 Å². The molecule has 0 bridgehead atoms. The van der Waals surface area contributed by atoms with Crippen molar-refractivity contribution in [2.45, 2.75) is 258 Å². The lowest BCUT2D eigenvalue weighted by Gasteiger charge is -2.50. The summed E-state index contributed by atoms with van der Waals surface area (Å²) >= 11 is 0. The van der Waals surface area contributed by atoms with Gasteiger partial charge in [-0.25, -0.2) is 0 Å². The summed E-state index contributed by atoms with van der Waals surface area (Å²) in [6, 6.07) is 4.40. The Morgan fingerprint density at radius 2 is 0.375 bits per heavy atom. The van der Waals surface area contributed by atoms with Gasteiger partial charge in [0.25, 0.3) is 0 Å². The van der Waals surface area contributed by atoms with Crippen LogP contribution in [0.1, 0.15) is 207 Å². The average molecular weight is 745 g/mol. The van der Waals surface area contributed by atoms with E-state index < -0.39 is 34.2 Å². The maximum Gasteiger partial charge on any atom is 0.317 e. The summed E-state index contributed by atoms with van der Waals surface area (Å²) in [5.74, 6) is 0. The molecule has 1 saturated heterocycles. The lowest BCUT2D eigenvalue weighted by molar-refractivity contribution is 0.219. The molecule has 8 heteroatoms. The molecule has 0 aliphatic carbocycles. The summed E-state index contributed by atoms with van der Waals surface area (Å²) in [5, 5.41) is 0. The highest BCUT2D eigenvalue weighted by molar-refractivity contribution is 6.93. The summed E-state index contributed by atoms with van der Waals surface area (Å²) < 4.78 is 30.1. The van der Waals surface area contributed by atoms with Crippen LogP contribution in [-0.2, 0) is 16.5 Å². The van der Waals surface area contributed by atoms with Crippen LogP contribution in [0.25, 0.3) is 0 Å². The summed E-state index contributed by atoms with van der Waals surface area (Å²) in [4.78, 5) is 0. The fourth-order valence-corrected chi connectivity index (χ4v) is 31.5. The molecule has 288 valence electrons. The highest BCUT2D eigenvalue weighted by Gasteiger charge is 2.56. The van der Waals surface area contributed by atoms with Gasteiger partial charge in [-0.1, -0.05) is 207 Å². The number of rotatable bonds is 32. The fourth-order valence-electron chi connectivity index (χ4n) is 7.93. The Labute approximate surface area is 307 Å². The van der Waals surface area contributed by atoms with E-state index in [0.29, 0.717) is 0 Å². The highest BCUT2D eigenvalue weighted by atomic mass is 28.5. The van der Waals surface area contributed by atoms with Gasteiger partial charge in [0.05, 0.1) is 0 Å². The van der Waals surface area contributed by atoms with Gasteiger partial charge in [0.1, 0.15) is 0 Å². The second-order valence-electron chi connectivity index (χ2n) is 16.4. The van der Waals surface area contributed by atoms with E-state index in [-0.39, 0.29) is 0 Å². The van der Waals surface area contributed by atoms with E-state index in [4.69, 9.17) is 16.5 Å². The Morgan fingerprint density at radius 1 is 0.229 bits per heavy atom. The Kier molecular flexibility index (Phi) is 27.5. The van der Waals surface area contributed by atoms with Crippen molar-refractivity contribution in [3.8, 4) is 0 Å². The number of hydrogen-bond donors (Lipinski definition) is 0. The van der Waals surface area contributed by atoms with Gasteiger partial charge in [-0.05, 0) is 50.4 Å². The summed E-state index contributed by atoms with van der Waals surface area (Å²) in [5.41, 5.74) is 0. The molecule has 1 heterocycles. The molecular formula is C40H88O4Si4. The monoisotopic (exact) mass is 745 g/mol. The molecule has 1 rings (SSSR count). The molecule has 1 aliphatic rings. The van der Waals surface area contributed by atoms with Gasteiger partial charge >= 0.3 is 34.2 Å². The molecule has 0 spiro atoms. The molecule has 48 heavy (non-hydrogen) atoms. The zero-order valence-corrected chi connectivity index (χ0v) is 38.3. The molecule has 0 N–H and O–H groups in total. The highest BCUT2D eigenvalue weighted by Crippen LogP contribution is 2.40. The first-order valence-corrected chi connectivity index (χ1v) is 32.0. The first-order chi connectivity index (χ1) is 23.1. The molecule has 0 unspecified atom stereocenters. The molecule has 0 radical (unpaired) electrons. The Morgan fingerprint density at radius 3 is 0.542 bits per heavy atom. The van der Waals surface area contributed by atoms with Crippen molar-refractivity contribution in [3.63, 3.8) is 0 Å². The van der Waals surface area contributed by atoms with Crippen LogP contribution in [0.4, 0.5) is 0 Å². The quantitative estimate of drug-likeness (QED) is 0.0508. The van der Waals surface area contributed by atoms with Gasteiger partial charge < -0.3 is 16.5 Å². The first-order valence-electron chi connectivity index (χ1n) is 21.9. The molecule has 0 aromatic heterocycles. The van der Waals surface area contributed by atoms with E-state index in [1.54, 1.807) is 0 Å². The van der Waals surface area contributed by atoms with Crippen molar-refractivity contribution >= 4 is 34.2 Å². The van der Waals surface area contributed by atoms with E-state index in [1.165, 1.54) is 180 Å². The summed E-state index contributed by atoms with van der Waals surface area (Å²) in [6.45, 7) is 18.9. The molecular weight excluding hydrogens is 657 g/mol. The molecule has 0 amide bonds. The van der Waals surface area contributed by atoms with Crippen molar-refractivity contribution < 1.29 is 16.5 Å². The molecule has 0 aromatic rings. The minimum absolute atomic E-state index is 1.10. The van der Waals surface area contributed by atoms with E-state index in [9.17, 15) is 0 Å². The average Bonchev–Trinajstić information content (AvgIpc) is 3.02. The Hall–Kier alpha value is 0.708. The fraction of sp³-hybridized carbons (Fsp3) is 1.00. The smallest absolute Gasteiger partial charge is 0.317 e. The van der Waals surface area contributed by atoms with Crippen molar-refractivity contribution in [1.82, 2.24) is 0 Å². The van der Waals surface area contributed by atoms with Gasteiger partial charge in [-0.2, -0.15) is 0 Å². The van der Waals surface area contributed by atoms with Crippen LogP contribution >= 0.6 is 0 Å². The third-order valence-corrected chi connectivity index (χ3v) is 29.5. The standard InChI is InChI=1S/C40H88O4Si4/c1-9-13-17-21-25-29-33-37-45(5)41-46(6,38-34-30-26-22-18-14-10-2)43-48(8,40-36-32-28-24-20-16-12-4)44-47(7,42-45)39-35-31-27-23-19-15-11-3/h9-40H2,1-8H3. The predicted molar refractivity (Wildman–Crippen MR) is 222 cm³/mol. The van der Waals surface area contributed by atoms with Crippen LogP contribution in [-0.4, -0.2) is 34.2 Å².